The van der Waals surface area contributed by atoms with Crippen LogP contribution in [-0.2, 0) is 25.5 Å². The number of primary amides is 1. The average Bonchev–Trinajstić information content (AvgIpc) is 2.86. The quantitative estimate of drug-likeness (QED) is 0.298. The largest absolute Gasteiger partial charge is 0.508 e. The number of amides is 1. The predicted molar refractivity (Wildman–Crippen MR) is 133 cm³/mol. The molecule has 1 saturated carbocycles. The topological polar surface area (TPSA) is 184 Å². The van der Waals surface area contributed by atoms with E-state index in [0.717, 1.165) is 0 Å². The molecule has 0 bridgehead atoms. The highest BCUT2D eigenvalue weighted by molar-refractivity contribution is 6.22. The second-order valence-electron chi connectivity index (χ2n) is 9.69. The van der Waals surface area contributed by atoms with Crippen LogP contribution in [0.4, 0.5) is 0 Å². The van der Waals surface area contributed by atoms with E-state index >= 15 is 0 Å². The van der Waals surface area contributed by atoms with Gasteiger partial charge in [0.05, 0.1) is 17.7 Å². The van der Waals surface area contributed by atoms with Gasteiger partial charge < -0.3 is 30.9 Å². The smallest absolute Gasteiger partial charge is 0.338 e. The van der Waals surface area contributed by atoms with Gasteiger partial charge in [-0.15, -0.1) is 0 Å². The van der Waals surface area contributed by atoms with Gasteiger partial charge >= 0.3 is 5.97 Å². The van der Waals surface area contributed by atoms with Crippen molar-refractivity contribution >= 4 is 29.2 Å². The summed E-state index contributed by atoms with van der Waals surface area (Å²) in [6.45, 7) is 1.94. The standard InChI is InChI=1S/C28H25NO9/c1-2-38-27(36)13-5-3-12(4-6-13)16-7-8-18(30)21-17(16)10-14-9-15-11-19(31)22(26(29)35)25(34)28(15,37)24(33)20(14)23(21)32/h3-8,14-15,30,32,34,37H,2,9-11H2,1H3,(H2,29,35)/t14-,15+,28+/m1/s1. The van der Waals surface area contributed by atoms with Gasteiger partial charge in [0.2, 0.25) is 5.78 Å². The third-order valence-corrected chi connectivity index (χ3v) is 7.65. The van der Waals surface area contributed by atoms with Crippen LogP contribution in [-0.4, -0.2) is 56.1 Å². The number of nitrogens with two attached hydrogens (primary N) is 1. The minimum Gasteiger partial charge on any atom is -0.508 e. The summed E-state index contributed by atoms with van der Waals surface area (Å²) in [5.41, 5.74) is 3.80. The van der Waals surface area contributed by atoms with Crippen molar-refractivity contribution < 1.29 is 44.3 Å². The van der Waals surface area contributed by atoms with E-state index in [1.54, 1.807) is 37.3 Å². The van der Waals surface area contributed by atoms with Crippen molar-refractivity contribution in [3.63, 3.8) is 0 Å². The van der Waals surface area contributed by atoms with Crippen LogP contribution in [0.3, 0.4) is 0 Å². The van der Waals surface area contributed by atoms with Gasteiger partial charge in [0.1, 0.15) is 22.8 Å². The molecular weight excluding hydrogens is 494 g/mol. The molecule has 196 valence electrons. The molecule has 6 N–H and O–H groups in total. The fourth-order valence-corrected chi connectivity index (χ4v) is 5.89. The Bertz CT molecular complexity index is 1480. The van der Waals surface area contributed by atoms with E-state index in [0.29, 0.717) is 22.3 Å². The van der Waals surface area contributed by atoms with Crippen molar-refractivity contribution in [3.05, 3.63) is 70.0 Å². The summed E-state index contributed by atoms with van der Waals surface area (Å²) in [6.07, 6.45) is -0.165. The number of carbonyl (C=O) groups excluding carboxylic acids is 4. The maximum Gasteiger partial charge on any atom is 0.338 e. The van der Waals surface area contributed by atoms with E-state index in [4.69, 9.17) is 10.5 Å². The molecule has 0 heterocycles. The molecule has 2 aromatic carbocycles. The molecule has 1 fully saturated rings. The number of hydrogen-bond donors (Lipinski definition) is 5. The number of carbonyl (C=O) groups is 4. The summed E-state index contributed by atoms with van der Waals surface area (Å²) in [6, 6.07) is 9.61. The van der Waals surface area contributed by atoms with Crippen LogP contribution in [0.15, 0.2) is 53.3 Å². The van der Waals surface area contributed by atoms with Gasteiger partial charge in [-0.05, 0) is 60.6 Å². The first-order valence-corrected chi connectivity index (χ1v) is 12.1. The van der Waals surface area contributed by atoms with Gasteiger partial charge in [-0.1, -0.05) is 18.2 Å². The first-order chi connectivity index (χ1) is 18.0. The first kappa shape index (κ1) is 25.2. The first-order valence-electron chi connectivity index (χ1n) is 12.1. The Kier molecular flexibility index (Phi) is 5.87. The van der Waals surface area contributed by atoms with E-state index in [1.165, 1.54) is 6.07 Å². The van der Waals surface area contributed by atoms with Crippen molar-refractivity contribution in [1.82, 2.24) is 0 Å². The summed E-state index contributed by atoms with van der Waals surface area (Å²) < 4.78 is 5.02. The molecule has 10 nitrogen and oxygen atoms in total. The second-order valence-corrected chi connectivity index (χ2v) is 9.69. The van der Waals surface area contributed by atoms with Crippen LogP contribution in [0.2, 0.25) is 0 Å². The van der Waals surface area contributed by atoms with Gasteiger partial charge in [-0.2, -0.15) is 0 Å². The van der Waals surface area contributed by atoms with E-state index < -0.39 is 58.0 Å². The average molecular weight is 520 g/mol. The number of ether oxygens (including phenoxy) is 1. The molecule has 10 heteroatoms. The molecule has 0 aromatic heterocycles. The number of esters is 1. The zero-order valence-corrected chi connectivity index (χ0v) is 20.4. The van der Waals surface area contributed by atoms with Crippen LogP contribution in [0, 0.1) is 11.8 Å². The molecule has 0 radical (unpaired) electrons. The zero-order valence-electron chi connectivity index (χ0n) is 20.4. The number of ketones is 2. The van der Waals surface area contributed by atoms with Gasteiger partial charge in [-0.3, -0.25) is 14.4 Å². The second kappa shape index (κ2) is 8.84. The third-order valence-electron chi connectivity index (χ3n) is 7.65. The Morgan fingerprint density at radius 1 is 1.05 bits per heavy atom. The van der Waals surface area contributed by atoms with E-state index in [-0.39, 0.29) is 42.8 Å². The van der Waals surface area contributed by atoms with Gasteiger partial charge in [0, 0.05) is 17.9 Å². The maximum absolute atomic E-state index is 13.6. The highest BCUT2D eigenvalue weighted by atomic mass is 16.5. The summed E-state index contributed by atoms with van der Waals surface area (Å²) >= 11 is 0. The molecule has 0 unspecified atom stereocenters. The number of phenolic OH excluding ortho intramolecular Hbond substituents is 1. The van der Waals surface area contributed by atoms with E-state index in [1.807, 2.05) is 0 Å². The normalized spacial score (nSPS) is 24.5. The molecule has 0 aliphatic heterocycles. The van der Waals surface area contributed by atoms with Crippen LogP contribution in [0.25, 0.3) is 16.9 Å². The van der Waals surface area contributed by atoms with E-state index in [2.05, 4.69) is 0 Å². The molecule has 3 atom stereocenters. The molecule has 0 spiro atoms. The van der Waals surface area contributed by atoms with Crippen molar-refractivity contribution in [2.75, 3.05) is 6.61 Å². The number of hydrogen-bond acceptors (Lipinski definition) is 9. The van der Waals surface area contributed by atoms with Crippen molar-refractivity contribution in [3.8, 4) is 16.9 Å². The van der Waals surface area contributed by atoms with E-state index in [9.17, 15) is 39.6 Å². The van der Waals surface area contributed by atoms with Gasteiger partial charge in [-0.25, -0.2) is 4.79 Å². The molecule has 38 heavy (non-hydrogen) atoms. The molecule has 3 aliphatic carbocycles. The maximum atomic E-state index is 13.6. The summed E-state index contributed by atoms with van der Waals surface area (Å²) in [5, 5.41) is 43.9. The fourth-order valence-electron chi connectivity index (χ4n) is 5.89. The minimum atomic E-state index is -2.61. The Labute approximate surface area is 216 Å². The van der Waals surface area contributed by atoms with Gasteiger partial charge in [0.15, 0.2) is 11.4 Å². The molecular formula is C28H25NO9. The number of aliphatic hydroxyl groups is 3. The highest BCUT2D eigenvalue weighted by Crippen LogP contribution is 2.53. The molecule has 0 saturated heterocycles. The van der Waals surface area contributed by atoms with Crippen molar-refractivity contribution in [1.29, 1.82) is 0 Å². The van der Waals surface area contributed by atoms with Crippen LogP contribution < -0.4 is 5.73 Å². The van der Waals surface area contributed by atoms with Crippen LogP contribution >= 0.6 is 0 Å². The Morgan fingerprint density at radius 3 is 2.37 bits per heavy atom. The lowest BCUT2D eigenvalue weighted by Crippen LogP contribution is -2.58. The Hall–Kier alpha value is -4.44. The van der Waals surface area contributed by atoms with Crippen LogP contribution in [0.1, 0.15) is 41.3 Å². The molecule has 1 amide bonds. The van der Waals surface area contributed by atoms with Gasteiger partial charge in [0.25, 0.3) is 5.91 Å². The lowest BCUT2D eigenvalue weighted by Gasteiger charge is -2.46. The predicted octanol–water partition coefficient (Wildman–Crippen LogP) is 2.27. The minimum absolute atomic E-state index is 0.00380. The zero-order chi connectivity index (χ0) is 27.5. The lowest BCUT2D eigenvalue weighted by atomic mass is 9.59. The van der Waals surface area contributed by atoms with Crippen molar-refractivity contribution in [2.45, 2.75) is 31.8 Å². The monoisotopic (exact) mass is 519 g/mol. The summed E-state index contributed by atoms with van der Waals surface area (Å²) in [7, 11) is 0. The molecule has 3 aliphatic rings. The highest BCUT2D eigenvalue weighted by Gasteiger charge is 2.60. The number of benzene rings is 2. The lowest BCUT2D eigenvalue weighted by molar-refractivity contribution is -0.147. The molecule has 5 rings (SSSR count). The third kappa shape index (κ3) is 3.52. The fraction of sp³-hybridized carbons (Fsp3) is 0.286. The summed E-state index contributed by atoms with van der Waals surface area (Å²) in [5.74, 6) is -7.20. The number of fused-ring (bicyclic) bond motifs is 3. The number of aliphatic hydroxyl groups excluding tert-OH is 2. The van der Waals surface area contributed by atoms with Crippen LogP contribution in [0.5, 0.6) is 5.75 Å². The number of rotatable bonds is 4. The number of phenols is 1. The SMILES string of the molecule is CCOC(=O)c1ccc(-c2ccc(O)c3c2C[C@H]2C[C@H]4CC(=O)C(C(N)=O)=C(O)[C@@]4(O)C(=O)C2=C3O)cc1. The Morgan fingerprint density at radius 2 is 1.74 bits per heavy atom. The van der Waals surface area contributed by atoms with Crippen molar-refractivity contribution in [2.24, 2.45) is 17.6 Å². The summed E-state index contributed by atoms with van der Waals surface area (Å²) in [4.78, 5) is 49.9. The Balaban J connectivity index is 1.63. The molecule has 2 aromatic rings. The number of aromatic hydroxyl groups is 1. The number of Topliss-reactive ketones (excluding diaryl/α,β-unsaturated/α-hetero) is 2.